The molecule has 0 radical (unpaired) electrons. The molecule has 4 aromatic carbocycles. The first-order valence-corrected chi connectivity index (χ1v) is 8.66. The van der Waals surface area contributed by atoms with E-state index >= 15 is 0 Å². The van der Waals surface area contributed by atoms with Crippen molar-refractivity contribution in [3.8, 4) is 0 Å². The Kier molecular flexibility index (Phi) is 4.51. The molecule has 4 aromatic rings. The third kappa shape index (κ3) is 3.49. The van der Waals surface area contributed by atoms with E-state index in [1.807, 2.05) is 36.4 Å². The number of halogens is 2. The second kappa shape index (κ2) is 7.12. The lowest BCUT2D eigenvalue weighted by Crippen LogP contribution is -2.14. The van der Waals surface area contributed by atoms with Gasteiger partial charge in [0.1, 0.15) is 11.6 Å². The van der Waals surface area contributed by atoms with Gasteiger partial charge in [-0.15, -0.1) is 0 Å². The summed E-state index contributed by atoms with van der Waals surface area (Å²) in [5.41, 5.74) is 1.90. The average Bonchev–Trinajstić information content (AvgIpc) is 2.70. The second-order valence-corrected chi connectivity index (χ2v) is 6.46. The van der Waals surface area contributed by atoms with Gasteiger partial charge in [0.05, 0.1) is 5.92 Å². The van der Waals surface area contributed by atoms with Gasteiger partial charge in [0, 0.05) is 5.56 Å². The number of rotatable bonds is 4. The fraction of sp³-hybridized carbons (Fsp3) is 0.0417. The number of benzene rings is 4. The normalized spacial score (nSPS) is 11.1. The molecule has 0 spiro atoms. The third-order valence-corrected chi connectivity index (χ3v) is 4.70. The van der Waals surface area contributed by atoms with Crippen molar-refractivity contribution in [1.82, 2.24) is 0 Å². The number of hydrogen-bond acceptors (Lipinski definition) is 1. The Labute approximate surface area is 155 Å². The number of hydrogen-bond donors (Lipinski definition) is 0. The van der Waals surface area contributed by atoms with Crippen LogP contribution in [0.25, 0.3) is 10.8 Å². The van der Waals surface area contributed by atoms with Crippen LogP contribution in [0.5, 0.6) is 0 Å². The van der Waals surface area contributed by atoms with E-state index in [9.17, 15) is 13.6 Å². The molecule has 0 aliphatic heterocycles. The first kappa shape index (κ1) is 17.1. The number of Topliss-reactive ketones (excluding diaryl/α,β-unsaturated/α-hetero) is 1. The summed E-state index contributed by atoms with van der Waals surface area (Å²) in [6.07, 6.45) is 0. The molecule has 0 bridgehead atoms. The summed E-state index contributed by atoms with van der Waals surface area (Å²) in [6.45, 7) is 0. The molecule has 0 aromatic heterocycles. The Bertz CT molecular complexity index is 1050. The van der Waals surface area contributed by atoms with E-state index in [0.717, 1.165) is 10.8 Å². The molecule has 27 heavy (non-hydrogen) atoms. The van der Waals surface area contributed by atoms with Gasteiger partial charge in [-0.05, 0) is 52.2 Å². The maximum Gasteiger partial charge on any atom is 0.174 e. The van der Waals surface area contributed by atoms with Crippen LogP contribution in [0.4, 0.5) is 8.78 Å². The molecule has 0 aliphatic rings. The Balaban J connectivity index is 1.82. The molecule has 4 rings (SSSR count). The highest BCUT2D eigenvalue weighted by molar-refractivity contribution is 6.05. The zero-order chi connectivity index (χ0) is 18.8. The van der Waals surface area contributed by atoms with E-state index in [1.54, 1.807) is 30.3 Å². The van der Waals surface area contributed by atoms with Crippen molar-refractivity contribution in [3.63, 3.8) is 0 Å². The van der Waals surface area contributed by atoms with E-state index in [4.69, 9.17) is 0 Å². The molecule has 0 heterocycles. The standard InChI is InChI=1S/C24H16F2O/c25-21-11-7-17(8-12-21)23(18-9-13-22(26)14-10-18)24(27)20-6-5-16-3-1-2-4-19(16)15-20/h1-15,23H. The van der Waals surface area contributed by atoms with Crippen LogP contribution in [0.15, 0.2) is 91.0 Å². The van der Waals surface area contributed by atoms with Crippen molar-refractivity contribution in [2.75, 3.05) is 0 Å². The number of carbonyl (C=O) groups is 1. The van der Waals surface area contributed by atoms with Crippen molar-refractivity contribution in [2.24, 2.45) is 0 Å². The summed E-state index contributed by atoms with van der Waals surface area (Å²) >= 11 is 0. The fourth-order valence-electron chi connectivity index (χ4n) is 3.31. The highest BCUT2D eigenvalue weighted by Crippen LogP contribution is 2.30. The Morgan fingerprint density at radius 1 is 0.630 bits per heavy atom. The molecule has 0 N–H and O–H groups in total. The van der Waals surface area contributed by atoms with E-state index in [0.29, 0.717) is 16.7 Å². The predicted molar refractivity (Wildman–Crippen MR) is 103 cm³/mol. The van der Waals surface area contributed by atoms with Gasteiger partial charge >= 0.3 is 0 Å². The molecule has 0 atom stereocenters. The fourth-order valence-corrected chi connectivity index (χ4v) is 3.31. The summed E-state index contributed by atoms with van der Waals surface area (Å²) in [4.78, 5) is 13.4. The summed E-state index contributed by atoms with van der Waals surface area (Å²) in [6, 6.07) is 25.1. The zero-order valence-electron chi connectivity index (χ0n) is 14.4. The van der Waals surface area contributed by atoms with E-state index in [1.165, 1.54) is 24.3 Å². The van der Waals surface area contributed by atoms with Gasteiger partial charge in [-0.1, -0.05) is 60.7 Å². The van der Waals surface area contributed by atoms with Crippen LogP contribution in [-0.2, 0) is 0 Å². The van der Waals surface area contributed by atoms with Crippen LogP contribution in [0.3, 0.4) is 0 Å². The summed E-state index contributed by atoms with van der Waals surface area (Å²) < 4.78 is 26.7. The lowest BCUT2D eigenvalue weighted by Gasteiger charge is -2.17. The van der Waals surface area contributed by atoms with Gasteiger partial charge in [-0.2, -0.15) is 0 Å². The molecule has 0 aliphatic carbocycles. The highest BCUT2D eigenvalue weighted by atomic mass is 19.1. The van der Waals surface area contributed by atoms with Gasteiger partial charge in [0.15, 0.2) is 5.78 Å². The largest absolute Gasteiger partial charge is 0.293 e. The molecular weight excluding hydrogens is 342 g/mol. The van der Waals surface area contributed by atoms with Gasteiger partial charge < -0.3 is 0 Å². The molecule has 0 amide bonds. The smallest absolute Gasteiger partial charge is 0.174 e. The second-order valence-electron chi connectivity index (χ2n) is 6.46. The monoisotopic (exact) mass is 358 g/mol. The third-order valence-electron chi connectivity index (χ3n) is 4.70. The van der Waals surface area contributed by atoms with Crippen LogP contribution in [0, 0.1) is 11.6 Å². The minimum absolute atomic E-state index is 0.112. The van der Waals surface area contributed by atoms with E-state index < -0.39 is 5.92 Å². The highest BCUT2D eigenvalue weighted by Gasteiger charge is 2.24. The Hall–Kier alpha value is -3.33. The van der Waals surface area contributed by atoms with Gasteiger partial charge in [0.25, 0.3) is 0 Å². The minimum Gasteiger partial charge on any atom is -0.293 e. The Morgan fingerprint density at radius 2 is 1.15 bits per heavy atom. The lowest BCUT2D eigenvalue weighted by molar-refractivity contribution is 0.0974. The van der Waals surface area contributed by atoms with Crippen LogP contribution in [0.2, 0.25) is 0 Å². The van der Waals surface area contributed by atoms with Crippen molar-refractivity contribution in [1.29, 1.82) is 0 Å². The molecule has 0 unspecified atom stereocenters. The lowest BCUT2D eigenvalue weighted by atomic mass is 9.84. The maximum absolute atomic E-state index is 13.4. The molecule has 0 fully saturated rings. The summed E-state index contributed by atoms with van der Waals surface area (Å²) in [7, 11) is 0. The molecule has 0 saturated carbocycles. The molecule has 3 heteroatoms. The van der Waals surface area contributed by atoms with Crippen molar-refractivity contribution >= 4 is 16.6 Å². The van der Waals surface area contributed by atoms with Gasteiger partial charge in [0.2, 0.25) is 0 Å². The Morgan fingerprint density at radius 3 is 1.70 bits per heavy atom. The minimum atomic E-state index is -0.632. The van der Waals surface area contributed by atoms with Crippen molar-refractivity contribution in [3.05, 3.63) is 119 Å². The van der Waals surface area contributed by atoms with Crippen LogP contribution < -0.4 is 0 Å². The molecule has 1 nitrogen and oxygen atoms in total. The number of ketones is 1. The van der Waals surface area contributed by atoms with E-state index in [2.05, 4.69) is 0 Å². The maximum atomic E-state index is 13.4. The SMILES string of the molecule is O=C(c1ccc2ccccc2c1)C(c1ccc(F)cc1)c1ccc(F)cc1. The average molecular weight is 358 g/mol. The van der Waals surface area contributed by atoms with Crippen molar-refractivity contribution in [2.45, 2.75) is 5.92 Å². The number of fused-ring (bicyclic) bond motifs is 1. The zero-order valence-corrected chi connectivity index (χ0v) is 14.4. The van der Waals surface area contributed by atoms with Gasteiger partial charge in [-0.25, -0.2) is 8.78 Å². The van der Waals surface area contributed by atoms with Crippen LogP contribution >= 0.6 is 0 Å². The molecule has 132 valence electrons. The summed E-state index contributed by atoms with van der Waals surface area (Å²) in [5.74, 6) is -1.48. The number of carbonyl (C=O) groups excluding carboxylic acids is 1. The molecule has 0 saturated heterocycles. The van der Waals surface area contributed by atoms with E-state index in [-0.39, 0.29) is 17.4 Å². The summed E-state index contributed by atoms with van der Waals surface area (Å²) in [5, 5.41) is 2.02. The quantitative estimate of drug-likeness (QED) is 0.401. The first-order chi connectivity index (χ1) is 13.1. The van der Waals surface area contributed by atoms with Gasteiger partial charge in [-0.3, -0.25) is 4.79 Å². The van der Waals surface area contributed by atoms with Crippen molar-refractivity contribution < 1.29 is 13.6 Å². The first-order valence-electron chi connectivity index (χ1n) is 8.66. The van der Waals surface area contributed by atoms with Crippen LogP contribution in [-0.4, -0.2) is 5.78 Å². The van der Waals surface area contributed by atoms with Crippen LogP contribution in [0.1, 0.15) is 27.4 Å². The molecular formula is C24H16F2O. The topological polar surface area (TPSA) is 17.1 Å². The predicted octanol–water partition coefficient (Wildman–Crippen LogP) is 6.13.